The Morgan fingerprint density at radius 1 is 1.13 bits per heavy atom. The number of rotatable bonds is 11. The molecule has 0 fully saturated rings. The number of anilines is 1. The summed E-state index contributed by atoms with van der Waals surface area (Å²) in [6.45, 7) is 1.86. The number of nitrogens with one attached hydrogen (secondary N) is 3. The van der Waals surface area contributed by atoms with Crippen molar-refractivity contribution in [3.8, 4) is 0 Å². The van der Waals surface area contributed by atoms with E-state index in [2.05, 4.69) is 31.0 Å². The molecule has 10 nitrogen and oxygen atoms in total. The fourth-order valence-electron chi connectivity index (χ4n) is 2.81. The zero-order chi connectivity index (χ0) is 22.1. The van der Waals surface area contributed by atoms with Gasteiger partial charge < -0.3 is 20.7 Å². The van der Waals surface area contributed by atoms with Crippen molar-refractivity contribution < 1.29 is 14.3 Å². The highest BCUT2D eigenvalue weighted by atomic mass is 32.2. The van der Waals surface area contributed by atoms with E-state index in [9.17, 15) is 9.59 Å². The van der Waals surface area contributed by atoms with Gasteiger partial charge in [0.25, 0.3) is 5.91 Å². The molecule has 2 amide bonds. The van der Waals surface area contributed by atoms with Gasteiger partial charge >= 0.3 is 0 Å². The number of thioether (sulfide) groups is 1. The Morgan fingerprint density at radius 2 is 1.94 bits per heavy atom. The largest absolute Gasteiger partial charge is 0.383 e. The fourth-order valence-corrected chi connectivity index (χ4v) is 3.17. The standard InChI is InChI=1S/C20H25N7O3S/c1-30-11-9-22-17-15-12-24-27(18(15)26-20(25-17)31-2)10-8-21-16(28)13-23-19(29)14-6-4-3-5-7-14/h3-7,12H,8-11,13H2,1-2H3,(H,21,28)(H,23,29)(H,22,25,26). The molecule has 11 heteroatoms. The lowest BCUT2D eigenvalue weighted by Gasteiger charge is -2.09. The average Bonchev–Trinajstić information content (AvgIpc) is 3.21. The summed E-state index contributed by atoms with van der Waals surface area (Å²) in [5, 5.41) is 14.4. The first-order valence-corrected chi connectivity index (χ1v) is 10.9. The quantitative estimate of drug-likeness (QED) is 0.229. The molecule has 0 saturated carbocycles. The maximum atomic E-state index is 12.1. The van der Waals surface area contributed by atoms with E-state index in [-0.39, 0.29) is 18.4 Å². The van der Waals surface area contributed by atoms with Crippen LogP contribution in [0.1, 0.15) is 10.4 Å². The van der Waals surface area contributed by atoms with Crippen molar-refractivity contribution in [2.75, 3.05) is 44.9 Å². The maximum absolute atomic E-state index is 12.1. The molecule has 0 aliphatic heterocycles. The van der Waals surface area contributed by atoms with E-state index in [1.54, 1.807) is 42.3 Å². The van der Waals surface area contributed by atoms with Gasteiger partial charge in [0.15, 0.2) is 10.8 Å². The lowest BCUT2D eigenvalue weighted by Crippen LogP contribution is -2.38. The van der Waals surface area contributed by atoms with Crippen LogP contribution in [0.5, 0.6) is 0 Å². The van der Waals surface area contributed by atoms with Crippen LogP contribution < -0.4 is 16.0 Å². The Balaban J connectivity index is 1.55. The van der Waals surface area contributed by atoms with E-state index >= 15 is 0 Å². The van der Waals surface area contributed by atoms with Crippen molar-refractivity contribution in [3.05, 3.63) is 42.1 Å². The number of nitrogens with zero attached hydrogens (tertiary/aromatic N) is 4. The Bertz CT molecular complexity index is 1030. The number of hydrogen-bond acceptors (Lipinski definition) is 8. The van der Waals surface area contributed by atoms with Gasteiger partial charge in [-0.05, 0) is 18.4 Å². The van der Waals surface area contributed by atoms with Gasteiger partial charge in [0.2, 0.25) is 5.91 Å². The highest BCUT2D eigenvalue weighted by molar-refractivity contribution is 7.98. The number of benzene rings is 1. The summed E-state index contributed by atoms with van der Waals surface area (Å²) in [5.74, 6) is 0.135. The predicted molar refractivity (Wildman–Crippen MR) is 119 cm³/mol. The van der Waals surface area contributed by atoms with Crippen molar-refractivity contribution >= 4 is 40.4 Å². The Kier molecular flexibility index (Phi) is 8.19. The molecule has 0 saturated heterocycles. The van der Waals surface area contributed by atoms with Gasteiger partial charge in [-0.1, -0.05) is 30.0 Å². The normalized spacial score (nSPS) is 10.8. The van der Waals surface area contributed by atoms with Crippen LogP contribution in [0.3, 0.4) is 0 Å². The lowest BCUT2D eigenvalue weighted by molar-refractivity contribution is -0.120. The first-order valence-electron chi connectivity index (χ1n) is 9.72. The molecule has 0 unspecified atom stereocenters. The van der Waals surface area contributed by atoms with Gasteiger partial charge in [-0.2, -0.15) is 5.10 Å². The van der Waals surface area contributed by atoms with Gasteiger partial charge in [0, 0.05) is 25.8 Å². The maximum Gasteiger partial charge on any atom is 0.251 e. The van der Waals surface area contributed by atoms with E-state index in [0.29, 0.717) is 48.4 Å². The number of hydrogen-bond donors (Lipinski definition) is 3. The highest BCUT2D eigenvalue weighted by Crippen LogP contribution is 2.23. The van der Waals surface area contributed by atoms with Crippen LogP contribution in [0.15, 0.2) is 41.7 Å². The molecule has 3 N–H and O–H groups in total. The molecule has 3 aromatic rings. The number of carbonyl (C=O) groups excluding carboxylic acids is 2. The second-order valence-corrected chi connectivity index (χ2v) is 7.26. The van der Waals surface area contributed by atoms with E-state index in [1.165, 1.54) is 11.8 Å². The molecule has 0 aliphatic rings. The Labute approximate surface area is 184 Å². The first-order chi connectivity index (χ1) is 15.1. The Morgan fingerprint density at radius 3 is 2.68 bits per heavy atom. The highest BCUT2D eigenvalue weighted by Gasteiger charge is 2.13. The summed E-state index contributed by atoms with van der Waals surface area (Å²) < 4.78 is 6.80. The molecule has 31 heavy (non-hydrogen) atoms. The van der Waals surface area contributed by atoms with Crippen molar-refractivity contribution in [2.24, 2.45) is 0 Å². The number of methoxy groups -OCH3 is 1. The monoisotopic (exact) mass is 443 g/mol. The minimum Gasteiger partial charge on any atom is -0.383 e. The van der Waals surface area contributed by atoms with Crippen LogP contribution in [0, 0.1) is 0 Å². The summed E-state index contributed by atoms with van der Waals surface area (Å²) >= 11 is 1.44. The Hall–Kier alpha value is -3.18. The van der Waals surface area contributed by atoms with Crippen molar-refractivity contribution in [1.82, 2.24) is 30.4 Å². The molecule has 0 atom stereocenters. The number of fused-ring (bicyclic) bond motifs is 1. The third kappa shape index (κ3) is 6.15. The third-order valence-electron chi connectivity index (χ3n) is 4.35. The SMILES string of the molecule is COCCNc1nc(SC)nc2c1cnn2CCNC(=O)CNC(=O)c1ccccc1. The second-order valence-electron chi connectivity index (χ2n) is 6.48. The lowest BCUT2D eigenvalue weighted by atomic mass is 10.2. The van der Waals surface area contributed by atoms with Crippen LogP contribution >= 0.6 is 11.8 Å². The van der Waals surface area contributed by atoms with E-state index < -0.39 is 0 Å². The first kappa shape index (κ1) is 22.5. The van der Waals surface area contributed by atoms with Gasteiger partial charge in [-0.3, -0.25) is 9.59 Å². The van der Waals surface area contributed by atoms with Crippen molar-refractivity contribution in [1.29, 1.82) is 0 Å². The zero-order valence-corrected chi connectivity index (χ0v) is 18.2. The van der Waals surface area contributed by atoms with Gasteiger partial charge in [0.05, 0.1) is 31.3 Å². The zero-order valence-electron chi connectivity index (χ0n) is 17.4. The molecule has 2 heterocycles. The summed E-state index contributed by atoms with van der Waals surface area (Å²) in [6.07, 6.45) is 3.61. The number of ether oxygens (including phenoxy) is 1. The molecule has 0 aliphatic carbocycles. The molecule has 1 aromatic carbocycles. The van der Waals surface area contributed by atoms with Crippen LogP contribution in [0.2, 0.25) is 0 Å². The number of amides is 2. The molecule has 0 radical (unpaired) electrons. The smallest absolute Gasteiger partial charge is 0.251 e. The van der Waals surface area contributed by atoms with Crippen molar-refractivity contribution in [2.45, 2.75) is 11.7 Å². The van der Waals surface area contributed by atoms with Crippen LogP contribution in [-0.4, -0.2) is 71.2 Å². The number of aromatic nitrogens is 4. The molecule has 0 spiro atoms. The van der Waals surface area contributed by atoms with Crippen LogP contribution in [0.25, 0.3) is 11.0 Å². The molecular formula is C20H25N7O3S. The third-order valence-corrected chi connectivity index (χ3v) is 4.90. The molecule has 0 bridgehead atoms. The van der Waals surface area contributed by atoms with E-state index in [1.807, 2.05) is 12.3 Å². The van der Waals surface area contributed by atoms with Gasteiger partial charge in [-0.25, -0.2) is 14.6 Å². The predicted octanol–water partition coefficient (Wildman–Crippen LogP) is 1.15. The van der Waals surface area contributed by atoms with Crippen LogP contribution in [-0.2, 0) is 16.1 Å². The fraction of sp³-hybridized carbons (Fsp3) is 0.350. The summed E-state index contributed by atoms with van der Waals surface area (Å²) in [4.78, 5) is 33.1. The van der Waals surface area contributed by atoms with E-state index in [4.69, 9.17) is 4.74 Å². The van der Waals surface area contributed by atoms with E-state index in [0.717, 1.165) is 5.39 Å². The minimum atomic E-state index is -0.288. The van der Waals surface area contributed by atoms with Crippen molar-refractivity contribution in [3.63, 3.8) is 0 Å². The molecule has 164 valence electrons. The van der Waals surface area contributed by atoms with Crippen LogP contribution in [0.4, 0.5) is 5.82 Å². The minimum absolute atomic E-state index is 0.0973. The molecule has 3 rings (SSSR count). The summed E-state index contributed by atoms with van der Waals surface area (Å²) in [6, 6.07) is 8.76. The molecule has 2 aromatic heterocycles. The average molecular weight is 444 g/mol. The number of carbonyl (C=O) groups is 2. The second kappa shape index (κ2) is 11.3. The topological polar surface area (TPSA) is 123 Å². The molecular weight excluding hydrogens is 418 g/mol. The van der Waals surface area contributed by atoms with Gasteiger partial charge in [0.1, 0.15) is 5.82 Å². The summed E-state index contributed by atoms with van der Waals surface area (Å²) in [7, 11) is 1.64. The summed E-state index contributed by atoms with van der Waals surface area (Å²) in [5.41, 5.74) is 1.20. The van der Waals surface area contributed by atoms with Gasteiger partial charge in [-0.15, -0.1) is 0 Å².